The molecule has 0 fully saturated rings. The molecule has 1 unspecified atom stereocenters. The molecule has 0 bridgehead atoms. The zero-order valence-corrected chi connectivity index (χ0v) is 21.0. The molecule has 3 aromatic rings. The van der Waals surface area contributed by atoms with E-state index in [1.54, 1.807) is 17.1 Å². The van der Waals surface area contributed by atoms with Crippen LogP contribution in [0.1, 0.15) is 17.3 Å². The summed E-state index contributed by atoms with van der Waals surface area (Å²) in [4.78, 5) is 18.2. The van der Waals surface area contributed by atoms with E-state index in [1.165, 1.54) is 18.9 Å². The van der Waals surface area contributed by atoms with E-state index in [4.69, 9.17) is 26.4 Å². The van der Waals surface area contributed by atoms with Gasteiger partial charge in [0.1, 0.15) is 5.70 Å². The number of fused-ring (bicyclic) bond motifs is 2. The quantitative estimate of drug-likeness (QED) is 0.508. The summed E-state index contributed by atoms with van der Waals surface area (Å²) in [5.74, 6) is 0.550. The van der Waals surface area contributed by atoms with Crippen molar-refractivity contribution in [3.8, 4) is 11.5 Å². The molecule has 5 rings (SSSR count). The normalized spacial score (nSPS) is 16.7. The second kappa shape index (κ2) is 9.32. The van der Waals surface area contributed by atoms with Crippen LogP contribution < -0.4 is 20.6 Å². The molecule has 34 heavy (non-hydrogen) atoms. The largest absolute Gasteiger partial charge is 0.503 e. The Balaban J connectivity index is 1.60. The summed E-state index contributed by atoms with van der Waals surface area (Å²) in [6.07, 6.45) is -0.641. The number of hydrazone groups is 1. The van der Waals surface area contributed by atoms with Crippen molar-refractivity contribution in [3.63, 3.8) is 0 Å². The maximum Gasteiger partial charge on any atom is 0.276 e. The Kier molecular flexibility index (Phi) is 6.24. The summed E-state index contributed by atoms with van der Waals surface area (Å²) >= 11 is 11.0. The number of carbonyl (C=O) groups excluding carboxylic acids is 1. The lowest BCUT2D eigenvalue weighted by Crippen LogP contribution is -2.50. The highest BCUT2D eigenvalue weighted by Gasteiger charge is 2.35. The molecule has 3 aromatic carbocycles. The number of thioether (sulfide) groups is 1. The molecule has 0 saturated carbocycles. The number of aromatic hydroxyl groups is 1. The summed E-state index contributed by atoms with van der Waals surface area (Å²) in [6, 6.07) is 18.4. The topological polar surface area (TPSA) is 86.5 Å². The second-order valence-corrected chi connectivity index (χ2v) is 9.73. The third-order valence-electron chi connectivity index (χ3n) is 5.41. The monoisotopic (exact) mass is 556 g/mol. The van der Waals surface area contributed by atoms with Crippen molar-refractivity contribution in [2.75, 3.05) is 7.11 Å². The first-order valence-electron chi connectivity index (χ1n) is 10.2. The number of ether oxygens (including phenoxy) is 1. The molecular formula is C24H18BrClN4O3S. The zero-order valence-electron chi connectivity index (χ0n) is 17.8. The molecule has 10 heteroatoms. The second-order valence-electron chi connectivity index (χ2n) is 7.51. The third-order valence-corrected chi connectivity index (χ3v) is 7.29. The van der Waals surface area contributed by atoms with Gasteiger partial charge in [-0.15, -0.1) is 5.10 Å². The Hall–Kier alpha value is -3.01. The van der Waals surface area contributed by atoms with Gasteiger partial charge in [-0.05, 0) is 45.8 Å². The van der Waals surface area contributed by atoms with Gasteiger partial charge in [0.2, 0.25) is 0 Å². The minimum atomic E-state index is -0.641. The molecular weight excluding hydrogens is 540 g/mol. The fourth-order valence-electron chi connectivity index (χ4n) is 3.77. The molecule has 1 atom stereocenters. The van der Waals surface area contributed by atoms with Crippen LogP contribution in [-0.4, -0.2) is 28.3 Å². The van der Waals surface area contributed by atoms with E-state index in [0.29, 0.717) is 48.0 Å². The van der Waals surface area contributed by atoms with Gasteiger partial charge in [-0.2, -0.15) is 0 Å². The highest BCUT2D eigenvalue weighted by Crippen LogP contribution is 2.40. The maximum absolute atomic E-state index is 13.3. The van der Waals surface area contributed by atoms with Crippen LogP contribution in [0.15, 0.2) is 75.2 Å². The van der Waals surface area contributed by atoms with Gasteiger partial charge in [-0.25, -0.2) is 5.01 Å². The molecule has 0 aliphatic carbocycles. The van der Waals surface area contributed by atoms with E-state index in [-0.39, 0.29) is 11.7 Å². The standard InChI is InChI=1S/C24H18BrClN4O3S/c1-33-19-11-14(10-16(25)21(19)31)22-27-18-9-5-3-7-15(18)20-23(32)28-24(29-30(20)22)34-12-13-6-2-4-8-17(13)26/h2-11,22,31H,12H2,1H3,(H,28,29,32). The molecule has 2 aliphatic rings. The van der Waals surface area contributed by atoms with Crippen LogP contribution in [0.4, 0.5) is 0 Å². The first-order chi connectivity index (χ1) is 16.5. The van der Waals surface area contributed by atoms with Crippen LogP contribution in [0.25, 0.3) is 5.70 Å². The van der Waals surface area contributed by atoms with Crippen LogP contribution >= 0.6 is 39.3 Å². The van der Waals surface area contributed by atoms with E-state index in [2.05, 4.69) is 21.2 Å². The van der Waals surface area contributed by atoms with Crippen LogP contribution in [0.5, 0.6) is 11.5 Å². The van der Waals surface area contributed by atoms with Crippen molar-refractivity contribution < 1.29 is 14.6 Å². The van der Waals surface area contributed by atoms with E-state index in [9.17, 15) is 9.90 Å². The number of nitrogens with one attached hydrogen (secondary N) is 1. The summed E-state index contributed by atoms with van der Waals surface area (Å²) in [5, 5.41) is 22.0. The third kappa shape index (κ3) is 4.15. The molecule has 0 spiro atoms. The summed E-state index contributed by atoms with van der Waals surface area (Å²) in [5.41, 5.74) is 2.04. The van der Waals surface area contributed by atoms with Gasteiger partial charge in [0.15, 0.2) is 22.8 Å². The average molecular weight is 558 g/mol. The SMILES string of the molecule is COc1cc(C2N=c3ccccc3=C3C(=O)NC(SCc4ccccc4Cl)=NN32)cc(Br)c1O. The van der Waals surface area contributed by atoms with E-state index < -0.39 is 6.17 Å². The molecule has 0 radical (unpaired) electrons. The van der Waals surface area contributed by atoms with Gasteiger partial charge in [0.25, 0.3) is 5.91 Å². The number of phenols is 1. The first-order valence-corrected chi connectivity index (χ1v) is 12.4. The van der Waals surface area contributed by atoms with Gasteiger partial charge in [0.05, 0.1) is 16.9 Å². The van der Waals surface area contributed by atoms with Gasteiger partial charge in [0, 0.05) is 21.6 Å². The number of carbonyl (C=O) groups is 1. The number of benzene rings is 3. The predicted molar refractivity (Wildman–Crippen MR) is 136 cm³/mol. The van der Waals surface area contributed by atoms with E-state index >= 15 is 0 Å². The lowest BCUT2D eigenvalue weighted by Gasteiger charge is -2.34. The molecule has 172 valence electrons. The Morgan fingerprint density at radius 2 is 1.97 bits per heavy atom. The lowest BCUT2D eigenvalue weighted by atomic mass is 10.1. The van der Waals surface area contributed by atoms with Crippen LogP contribution in [0, 0.1) is 0 Å². The summed E-state index contributed by atoms with van der Waals surface area (Å²) in [6.45, 7) is 0. The lowest BCUT2D eigenvalue weighted by molar-refractivity contribution is -0.116. The minimum absolute atomic E-state index is 0.0115. The maximum atomic E-state index is 13.3. The minimum Gasteiger partial charge on any atom is -0.503 e. The molecule has 0 saturated heterocycles. The van der Waals surface area contributed by atoms with Crippen LogP contribution in [-0.2, 0) is 10.5 Å². The number of hydrogen-bond donors (Lipinski definition) is 2. The van der Waals surface area contributed by atoms with Gasteiger partial charge < -0.3 is 9.84 Å². The van der Waals surface area contributed by atoms with Crippen molar-refractivity contribution in [2.45, 2.75) is 11.9 Å². The Morgan fingerprint density at radius 3 is 2.76 bits per heavy atom. The summed E-state index contributed by atoms with van der Waals surface area (Å²) < 4.78 is 5.78. The van der Waals surface area contributed by atoms with Crippen molar-refractivity contribution in [3.05, 3.63) is 91.9 Å². The smallest absolute Gasteiger partial charge is 0.276 e. The van der Waals surface area contributed by atoms with Crippen molar-refractivity contribution in [2.24, 2.45) is 10.1 Å². The van der Waals surface area contributed by atoms with Gasteiger partial charge in [-0.3, -0.25) is 15.1 Å². The number of hydrogen-bond acceptors (Lipinski definition) is 7. The number of para-hydroxylation sites is 1. The van der Waals surface area contributed by atoms with Crippen molar-refractivity contribution in [1.29, 1.82) is 0 Å². The highest BCUT2D eigenvalue weighted by molar-refractivity contribution is 9.10. The number of phenolic OH excluding ortho intramolecular Hbond substituents is 1. The molecule has 2 heterocycles. The van der Waals surface area contributed by atoms with Crippen LogP contribution in [0.2, 0.25) is 5.02 Å². The molecule has 2 N–H and O–H groups in total. The van der Waals surface area contributed by atoms with Gasteiger partial charge in [-0.1, -0.05) is 59.8 Å². The molecule has 1 amide bonds. The average Bonchev–Trinajstić information content (AvgIpc) is 2.84. The van der Waals surface area contributed by atoms with E-state index in [1.807, 2.05) is 48.5 Å². The van der Waals surface area contributed by atoms with Crippen molar-refractivity contribution >= 4 is 56.1 Å². The Bertz CT molecular complexity index is 1460. The number of rotatable bonds is 4. The van der Waals surface area contributed by atoms with Crippen LogP contribution in [0.3, 0.4) is 0 Å². The number of amidine groups is 1. The molecule has 2 aliphatic heterocycles. The Labute approximate surface area is 212 Å². The number of halogens is 2. The Morgan fingerprint density at radius 1 is 1.21 bits per heavy atom. The number of nitrogens with zero attached hydrogens (tertiary/aromatic N) is 3. The summed E-state index contributed by atoms with van der Waals surface area (Å²) in [7, 11) is 1.48. The zero-order chi connectivity index (χ0) is 23.8. The van der Waals surface area contributed by atoms with E-state index in [0.717, 1.165) is 5.56 Å². The highest BCUT2D eigenvalue weighted by atomic mass is 79.9. The van der Waals surface area contributed by atoms with Gasteiger partial charge >= 0.3 is 0 Å². The fraction of sp³-hybridized carbons (Fsp3) is 0.125. The molecule has 0 aromatic heterocycles. The molecule has 7 nitrogen and oxygen atoms in total. The first kappa shape index (κ1) is 22.8. The van der Waals surface area contributed by atoms with Crippen molar-refractivity contribution in [1.82, 2.24) is 10.3 Å². The number of methoxy groups -OCH3 is 1. The number of amides is 1. The fourth-order valence-corrected chi connectivity index (χ4v) is 5.37. The predicted octanol–water partition coefficient (Wildman–Crippen LogP) is 3.89.